The number of likely N-dealkylation sites (tertiary alicyclic amines) is 1. The number of anilines is 1. The lowest BCUT2D eigenvalue weighted by atomic mass is 10.0. The Bertz CT molecular complexity index is 694. The number of benzene rings is 1. The van der Waals surface area contributed by atoms with Gasteiger partial charge in [0, 0.05) is 27.2 Å². The van der Waals surface area contributed by atoms with Crippen LogP contribution in [-0.4, -0.2) is 57.3 Å². The van der Waals surface area contributed by atoms with E-state index in [2.05, 4.69) is 6.92 Å². The van der Waals surface area contributed by atoms with Crippen molar-refractivity contribution in [3.8, 4) is 0 Å². The van der Waals surface area contributed by atoms with E-state index in [1.165, 1.54) is 32.3 Å². The standard InChI is InChI=1S/C16H24FN3O3S/c1-13-7-6-10-19(11-13)16(21)12-20(24(22,23)18(2)3)15-9-5-4-8-14(15)17/h4-5,8-9,13H,6-7,10-12H2,1-3H3. The smallest absolute Gasteiger partial charge is 0.304 e. The number of rotatable bonds is 5. The third-order valence-corrected chi connectivity index (χ3v) is 5.96. The number of halogens is 1. The first-order valence-electron chi connectivity index (χ1n) is 7.96. The molecule has 6 nitrogen and oxygen atoms in total. The Morgan fingerprint density at radius 1 is 1.33 bits per heavy atom. The molecule has 1 heterocycles. The zero-order valence-corrected chi connectivity index (χ0v) is 15.1. The normalized spacial score (nSPS) is 18.7. The number of carbonyl (C=O) groups is 1. The number of carbonyl (C=O) groups excluding carboxylic acids is 1. The Balaban J connectivity index is 2.30. The van der Waals surface area contributed by atoms with E-state index in [-0.39, 0.29) is 11.6 Å². The van der Waals surface area contributed by atoms with E-state index in [4.69, 9.17) is 0 Å². The number of piperidine rings is 1. The molecule has 1 aromatic carbocycles. The summed E-state index contributed by atoms with van der Waals surface area (Å²) >= 11 is 0. The van der Waals surface area contributed by atoms with Crippen LogP contribution in [0.2, 0.25) is 0 Å². The van der Waals surface area contributed by atoms with Crippen molar-refractivity contribution in [2.75, 3.05) is 38.0 Å². The SMILES string of the molecule is CC1CCCN(C(=O)CN(c2ccccc2F)S(=O)(=O)N(C)C)C1. The summed E-state index contributed by atoms with van der Waals surface area (Å²) in [7, 11) is -1.27. The van der Waals surface area contributed by atoms with E-state index in [1.54, 1.807) is 11.0 Å². The van der Waals surface area contributed by atoms with Crippen LogP contribution in [0.5, 0.6) is 0 Å². The zero-order valence-electron chi connectivity index (χ0n) is 14.3. The van der Waals surface area contributed by atoms with Crippen molar-refractivity contribution in [1.29, 1.82) is 0 Å². The second-order valence-electron chi connectivity index (χ2n) is 6.34. The summed E-state index contributed by atoms with van der Waals surface area (Å²) in [6.07, 6.45) is 1.95. The second kappa shape index (κ2) is 7.48. The molecule has 0 saturated carbocycles. The molecule has 24 heavy (non-hydrogen) atoms. The minimum Gasteiger partial charge on any atom is -0.341 e. The van der Waals surface area contributed by atoms with Crippen molar-refractivity contribution in [2.24, 2.45) is 5.92 Å². The van der Waals surface area contributed by atoms with Crippen LogP contribution in [0.1, 0.15) is 19.8 Å². The van der Waals surface area contributed by atoms with Gasteiger partial charge in [0.1, 0.15) is 12.4 Å². The van der Waals surface area contributed by atoms with Crippen molar-refractivity contribution >= 4 is 21.8 Å². The molecular weight excluding hydrogens is 333 g/mol. The minimum absolute atomic E-state index is 0.121. The third kappa shape index (κ3) is 4.05. The van der Waals surface area contributed by atoms with Crippen molar-refractivity contribution in [1.82, 2.24) is 9.21 Å². The van der Waals surface area contributed by atoms with E-state index >= 15 is 0 Å². The number of hydrogen-bond donors (Lipinski definition) is 0. The predicted molar refractivity (Wildman–Crippen MR) is 91.3 cm³/mol. The average molecular weight is 357 g/mol. The van der Waals surface area contributed by atoms with Gasteiger partial charge in [0.05, 0.1) is 5.69 Å². The Labute approximate surface area is 143 Å². The third-order valence-electron chi connectivity index (χ3n) is 4.15. The van der Waals surface area contributed by atoms with Crippen LogP contribution in [0, 0.1) is 11.7 Å². The summed E-state index contributed by atoms with van der Waals surface area (Å²) in [5.74, 6) is -0.604. The molecule has 1 aliphatic heterocycles. The molecule has 0 aliphatic carbocycles. The number of amides is 1. The highest BCUT2D eigenvalue weighted by molar-refractivity contribution is 7.90. The van der Waals surface area contributed by atoms with Gasteiger partial charge in [-0.1, -0.05) is 19.1 Å². The van der Waals surface area contributed by atoms with Gasteiger partial charge in [-0.15, -0.1) is 0 Å². The molecule has 1 unspecified atom stereocenters. The largest absolute Gasteiger partial charge is 0.341 e. The van der Waals surface area contributed by atoms with Crippen LogP contribution in [0.4, 0.5) is 10.1 Å². The summed E-state index contributed by atoms with van der Waals surface area (Å²) in [6.45, 7) is 2.86. The maximum absolute atomic E-state index is 14.1. The molecule has 0 bridgehead atoms. The Hall–Kier alpha value is -1.67. The highest BCUT2D eigenvalue weighted by Gasteiger charge is 2.31. The van der Waals surface area contributed by atoms with Crippen LogP contribution >= 0.6 is 0 Å². The Kier molecular flexibility index (Phi) is 5.82. The van der Waals surface area contributed by atoms with Gasteiger partial charge in [0.15, 0.2) is 0 Å². The summed E-state index contributed by atoms with van der Waals surface area (Å²) in [4.78, 5) is 14.2. The second-order valence-corrected chi connectivity index (χ2v) is 8.40. The van der Waals surface area contributed by atoms with Crippen molar-refractivity contribution in [3.63, 3.8) is 0 Å². The fourth-order valence-electron chi connectivity index (χ4n) is 2.78. The summed E-state index contributed by atoms with van der Waals surface area (Å²) < 4.78 is 41.1. The van der Waals surface area contributed by atoms with Crippen molar-refractivity contribution in [3.05, 3.63) is 30.1 Å². The fourth-order valence-corrected chi connectivity index (χ4v) is 3.85. The van der Waals surface area contributed by atoms with Crippen LogP contribution in [0.15, 0.2) is 24.3 Å². The predicted octanol–water partition coefficient (Wildman–Crippen LogP) is 1.70. The minimum atomic E-state index is -3.98. The fraction of sp³-hybridized carbons (Fsp3) is 0.562. The maximum atomic E-state index is 14.1. The Morgan fingerprint density at radius 2 is 2.00 bits per heavy atom. The lowest BCUT2D eigenvalue weighted by Gasteiger charge is -2.34. The van der Waals surface area contributed by atoms with Gasteiger partial charge >= 0.3 is 10.2 Å². The van der Waals surface area contributed by atoms with Gasteiger partial charge in [-0.25, -0.2) is 8.70 Å². The number of para-hydroxylation sites is 1. The Morgan fingerprint density at radius 3 is 2.58 bits per heavy atom. The summed E-state index contributed by atoms with van der Waals surface area (Å²) in [6, 6.07) is 5.57. The van der Waals surface area contributed by atoms with Crippen LogP contribution in [0.3, 0.4) is 0 Å². The highest BCUT2D eigenvalue weighted by Crippen LogP contribution is 2.24. The van der Waals surface area contributed by atoms with E-state index in [0.29, 0.717) is 19.0 Å². The average Bonchev–Trinajstić information content (AvgIpc) is 2.53. The van der Waals surface area contributed by atoms with E-state index in [9.17, 15) is 17.6 Å². The van der Waals surface area contributed by atoms with Gasteiger partial charge < -0.3 is 4.90 Å². The molecule has 1 aromatic rings. The molecule has 0 radical (unpaired) electrons. The molecule has 1 fully saturated rings. The first kappa shape index (κ1) is 18.7. The van der Waals surface area contributed by atoms with E-state index < -0.39 is 22.6 Å². The van der Waals surface area contributed by atoms with Gasteiger partial charge in [0.25, 0.3) is 0 Å². The summed E-state index contributed by atoms with van der Waals surface area (Å²) in [5.41, 5.74) is -0.121. The van der Waals surface area contributed by atoms with Gasteiger partial charge in [0.2, 0.25) is 5.91 Å². The molecule has 0 N–H and O–H groups in total. The quantitative estimate of drug-likeness (QED) is 0.806. The van der Waals surface area contributed by atoms with E-state index in [0.717, 1.165) is 21.5 Å². The molecule has 0 aromatic heterocycles. The van der Waals surface area contributed by atoms with Crippen LogP contribution in [-0.2, 0) is 15.0 Å². The molecule has 1 atom stereocenters. The van der Waals surface area contributed by atoms with Crippen LogP contribution in [0.25, 0.3) is 0 Å². The zero-order chi connectivity index (χ0) is 17.9. The highest BCUT2D eigenvalue weighted by atomic mass is 32.2. The van der Waals surface area contributed by atoms with Crippen LogP contribution < -0.4 is 4.31 Å². The van der Waals surface area contributed by atoms with E-state index in [1.807, 2.05) is 0 Å². The molecule has 134 valence electrons. The molecular formula is C16H24FN3O3S. The first-order chi connectivity index (χ1) is 11.2. The maximum Gasteiger partial charge on any atom is 0.304 e. The first-order valence-corrected chi connectivity index (χ1v) is 9.35. The lowest BCUT2D eigenvalue weighted by Crippen LogP contribution is -2.49. The number of hydrogen-bond acceptors (Lipinski definition) is 3. The molecule has 2 rings (SSSR count). The topological polar surface area (TPSA) is 60.9 Å². The van der Waals surface area contributed by atoms with Gasteiger partial charge in [-0.05, 0) is 30.9 Å². The monoisotopic (exact) mass is 357 g/mol. The molecule has 1 aliphatic rings. The van der Waals surface area contributed by atoms with Crippen molar-refractivity contribution in [2.45, 2.75) is 19.8 Å². The molecule has 0 spiro atoms. The molecule has 1 amide bonds. The van der Waals surface area contributed by atoms with Gasteiger partial charge in [-0.3, -0.25) is 4.79 Å². The van der Waals surface area contributed by atoms with Gasteiger partial charge in [-0.2, -0.15) is 12.7 Å². The van der Waals surface area contributed by atoms with Crippen molar-refractivity contribution < 1.29 is 17.6 Å². The molecule has 8 heteroatoms. The number of nitrogens with zero attached hydrogens (tertiary/aromatic N) is 3. The molecule has 1 saturated heterocycles. The lowest BCUT2D eigenvalue weighted by molar-refractivity contribution is -0.131. The summed E-state index contributed by atoms with van der Waals surface area (Å²) in [5, 5.41) is 0.